The van der Waals surface area contributed by atoms with E-state index >= 15 is 0 Å². The van der Waals surface area contributed by atoms with Gasteiger partial charge in [0.2, 0.25) is 0 Å². The molecular weight excluding hydrogens is 194 g/mol. The first-order valence-corrected chi connectivity index (χ1v) is 7.24. The predicted molar refractivity (Wildman–Crippen MR) is 72.7 cm³/mol. The van der Waals surface area contributed by atoms with Crippen molar-refractivity contribution < 1.29 is 0 Å². The molecule has 96 valence electrons. The third-order valence-corrected chi connectivity index (χ3v) is 4.71. The lowest BCUT2D eigenvalue weighted by Crippen LogP contribution is -2.47. The fourth-order valence-corrected chi connectivity index (χ4v) is 3.14. The van der Waals surface area contributed by atoms with E-state index < -0.39 is 0 Å². The van der Waals surface area contributed by atoms with Gasteiger partial charge in [-0.3, -0.25) is 0 Å². The molecule has 1 unspecified atom stereocenters. The van der Waals surface area contributed by atoms with Gasteiger partial charge in [0.15, 0.2) is 0 Å². The van der Waals surface area contributed by atoms with Crippen molar-refractivity contribution in [3.05, 3.63) is 0 Å². The van der Waals surface area contributed by atoms with Crippen LogP contribution >= 0.6 is 0 Å². The molecular formula is C15H31N. The summed E-state index contributed by atoms with van der Waals surface area (Å²) in [5, 5.41) is 3.76. The van der Waals surface area contributed by atoms with Crippen LogP contribution in [0.3, 0.4) is 0 Å². The van der Waals surface area contributed by atoms with Gasteiger partial charge in [0, 0.05) is 6.04 Å². The molecule has 0 saturated heterocycles. The fraction of sp³-hybridized carbons (Fsp3) is 1.00. The van der Waals surface area contributed by atoms with Gasteiger partial charge in [-0.25, -0.2) is 0 Å². The molecule has 0 aromatic heterocycles. The maximum atomic E-state index is 3.76. The van der Waals surface area contributed by atoms with E-state index in [4.69, 9.17) is 0 Å². The molecule has 1 nitrogen and oxygen atoms in total. The summed E-state index contributed by atoms with van der Waals surface area (Å²) in [4.78, 5) is 0. The summed E-state index contributed by atoms with van der Waals surface area (Å²) in [6.07, 6.45) is 7.01. The lowest BCUT2D eigenvalue weighted by Gasteiger charge is -2.42. The second kappa shape index (κ2) is 6.05. The number of hydrogen-bond acceptors (Lipinski definition) is 1. The second-order valence-electron chi connectivity index (χ2n) is 6.40. The third kappa shape index (κ3) is 3.48. The number of rotatable bonds is 5. The lowest BCUT2D eigenvalue weighted by molar-refractivity contribution is 0.127. The smallest absolute Gasteiger partial charge is 0.0146 e. The standard InChI is InChI=1S/C15H31N/c1-6-15(4,5)14(16-7-2)13-10-8-12(3)9-11-13/h12-14,16H,6-11H2,1-5H3. The van der Waals surface area contributed by atoms with Gasteiger partial charge >= 0.3 is 0 Å². The van der Waals surface area contributed by atoms with Crippen molar-refractivity contribution in [2.45, 2.75) is 72.8 Å². The van der Waals surface area contributed by atoms with Gasteiger partial charge in [-0.1, -0.05) is 47.5 Å². The molecule has 0 aliphatic heterocycles. The third-order valence-electron chi connectivity index (χ3n) is 4.71. The van der Waals surface area contributed by atoms with Crippen LogP contribution in [0.15, 0.2) is 0 Å². The van der Waals surface area contributed by atoms with Gasteiger partial charge in [-0.05, 0) is 43.1 Å². The van der Waals surface area contributed by atoms with Crippen LogP contribution in [0, 0.1) is 17.3 Å². The van der Waals surface area contributed by atoms with Crippen molar-refractivity contribution in [1.82, 2.24) is 5.32 Å². The molecule has 1 saturated carbocycles. The van der Waals surface area contributed by atoms with Crippen LogP contribution in [0.25, 0.3) is 0 Å². The van der Waals surface area contributed by atoms with Crippen LogP contribution < -0.4 is 5.32 Å². The van der Waals surface area contributed by atoms with E-state index in [0.29, 0.717) is 5.41 Å². The van der Waals surface area contributed by atoms with Gasteiger partial charge in [-0.2, -0.15) is 0 Å². The minimum atomic E-state index is 0.446. The molecule has 1 aliphatic rings. The molecule has 0 aromatic rings. The zero-order chi connectivity index (χ0) is 12.2. The fourth-order valence-electron chi connectivity index (χ4n) is 3.14. The minimum absolute atomic E-state index is 0.446. The predicted octanol–water partition coefficient (Wildman–Crippen LogP) is 4.23. The summed E-state index contributed by atoms with van der Waals surface area (Å²) in [6, 6.07) is 0.718. The Labute approximate surface area is 102 Å². The van der Waals surface area contributed by atoms with Crippen molar-refractivity contribution in [3.8, 4) is 0 Å². The molecule has 0 bridgehead atoms. The summed E-state index contributed by atoms with van der Waals surface area (Å²) in [5.41, 5.74) is 0.446. The average molecular weight is 225 g/mol. The molecule has 0 heterocycles. The van der Waals surface area contributed by atoms with E-state index in [9.17, 15) is 0 Å². The minimum Gasteiger partial charge on any atom is -0.313 e. The van der Waals surface area contributed by atoms with Crippen LogP contribution in [0.1, 0.15) is 66.7 Å². The maximum Gasteiger partial charge on any atom is 0.0146 e. The Morgan fingerprint density at radius 1 is 1.12 bits per heavy atom. The van der Waals surface area contributed by atoms with E-state index in [-0.39, 0.29) is 0 Å². The van der Waals surface area contributed by atoms with Crippen molar-refractivity contribution in [2.24, 2.45) is 17.3 Å². The van der Waals surface area contributed by atoms with E-state index in [1.807, 2.05) is 0 Å². The van der Waals surface area contributed by atoms with Crippen molar-refractivity contribution in [1.29, 1.82) is 0 Å². The molecule has 1 N–H and O–H groups in total. The molecule has 1 rings (SSSR count). The molecule has 0 aromatic carbocycles. The molecule has 1 aliphatic carbocycles. The maximum absolute atomic E-state index is 3.76. The van der Waals surface area contributed by atoms with Crippen LogP contribution in [-0.2, 0) is 0 Å². The quantitative estimate of drug-likeness (QED) is 0.738. The van der Waals surface area contributed by atoms with Gasteiger partial charge in [0.25, 0.3) is 0 Å². The summed E-state index contributed by atoms with van der Waals surface area (Å²) in [7, 11) is 0. The van der Waals surface area contributed by atoms with Crippen LogP contribution in [-0.4, -0.2) is 12.6 Å². The highest BCUT2D eigenvalue weighted by atomic mass is 14.9. The summed E-state index contributed by atoms with van der Waals surface area (Å²) in [6.45, 7) is 12.9. The molecule has 0 amide bonds. The molecule has 0 spiro atoms. The van der Waals surface area contributed by atoms with Crippen molar-refractivity contribution >= 4 is 0 Å². The molecule has 16 heavy (non-hydrogen) atoms. The summed E-state index contributed by atoms with van der Waals surface area (Å²) >= 11 is 0. The summed E-state index contributed by atoms with van der Waals surface area (Å²) in [5.74, 6) is 1.87. The molecule has 1 atom stereocenters. The Balaban J connectivity index is 2.62. The Morgan fingerprint density at radius 3 is 2.12 bits per heavy atom. The van der Waals surface area contributed by atoms with E-state index in [1.54, 1.807) is 0 Å². The monoisotopic (exact) mass is 225 g/mol. The number of hydrogen-bond donors (Lipinski definition) is 1. The lowest BCUT2D eigenvalue weighted by atomic mass is 9.69. The Bertz CT molecular complexity index is 190. The van der Waals surface area contributed by atoms with Crippen LogP contribution in [0.5, 0.6) is 0 Å². The second-order valence-corrected chi connectivity index (χ2v) is 6.40. The first kappa shape index (κ1) is 14.0. The summed E-state index contributed by atoms with van der Waals surface area (Å²) < 4.78 is 0. The van der Waals surface area contributed by atoms with Gasteiger partial charge < -0.3 is 5.32 Å². The van der Waals surface area contributed by atoms with Gasteiger partial charge in [-0.15, -0.1) is 0 Å². The van der Waals surface area contributed by atoms with Crippen LogP contribution in [0.2, 0.25) is 0 Å². The zero-order valence-electron chi connectivity index (χ0n) is 12.0. The Hall–Kier alpha value is -0.0400. The SMILES string of the molecule is CCNC(C1CCC(C)CC1)C(C)(C)CC. The normalized spacial score (nSPS) is 29.1. The molecule has 1 heteroatoms. The van der Waals surface area contributed by atoms with Gasteiger partial charge in [0.05, 0.1) is 0 Å². The highest BCUT2D eigenvalue weighted by Crippen LogP contribution is 2.38. The largest absolute Gasteiger partial charge is 0.313 e. The average Bonchev–Trinajstić information content (AvgIpc) is 2.27. The topological polar surface area (TPSA) is 12.0 Å². The Morgan fingerprint density at radius 2 is 1.69 bits per heavy atom. The first-order chi connectivity index (χ1) is 7.51. The van der Waals surface area contributed by atoms with Gasteiger partial charge in [0.1, 0.15) is 0 Å². The Kier molecular flexibility index (Phi) is 5.30. The van der Waals surface area contributed by atoms with E-state index in [1.165, 1.54) is 32.1 Å². The molecule has 1 fully saturated rings. The highest BCUT2D eigenvalue weighted by molar-refractivity contribution is 4.90. The van der Waals surface area contributed by atoms with E-state index in [0.717, 1.165) is 24.4 Å². The highest BCUT2D eigenvalue weighted by Gasteiger charge is 2.35. The van der Waals surface area contributed by atoms with Crippen molar-refractivity contribution in [3.63, 3.8) is 0 Å². The number of nitrogens with one attached hydrogen (secondary N) is 1. The first-order valence-electron chi connectivity index (χ1n) is 7.24. The molecule has 0 radical (unpaired) electrons. The van der Waals surface area contributed by atoms with Crippen LogP contribution in [0.4, 0.5) is 0 Å². The van der Waals surface area contributed by atoms with Crippen molar-refractivity contribution in [2.75, 3.05) is 6.54 Å². The zero-order valence-corrected chi connectivity index (χ0v) is 12.0. The van der Waals surface area contributed by atoms with E-state index in [2.05, 4.69) is 39.9 Å².